The molecule has 2 aromatic rings. The van der Waals surface area contributed by atoms with E-state index in [0.717, 1.165) is 6.42 Å². The van der Waals surface area contributed by atoms with Crippen LogP contribution >= 0.6 is 0 Å². The molecule has 130 valence electrons. The largest absolute Gasteiger partial charge is 0.439 e. The number of urea groups is 1. The van der Waals surface area contributed by atoms with Gasteiger partial charge in [-0.05, 0) is 24.1 Å². The van der Waals surface area contributed by atoms with Crippen molar-refractivity contribution in [2.75, 3.05) is 18.9 Å². The molecule has 0 aliphatic carbocycles. The number of nitrogens with zero attached hydrogens (tertiary/aromatic N) is 3. The Morgan fingerprint density at radius 1 is 1.40 bits per heavy atom. The molecule has 1 N–H and O–H groups in total. The number of amides is 2. The monoisotopic (exact) mass is 338 g/mol. The lowest BCUT2D eigenvalue weighted by Gasteiger charge is -2.21. The topological polar surface area (TPSA) is 78.3 Å². The van der Waals surface area contributed by atoms with Gasteiger partial charge in [0.15, 0.2) is 0 Å². The highest BCUT2D eigenvalue weighted by Crippen LogP contribution is 2.23. The van der Waals surface area contributed by atoms with Crippen molar-refractivity contribution in [2.24, 2.45) is 5.92 Å². The van der Waals surface area contributed by atoms with Gasteiger partial charge in [0.1, 0.15) is 11.8 Å². The van der Waals surface area contributed by atoms with Crippen LogP contribution in [0.25, 0.3) is 0 Å². The van der Waals surface area contributed by atoms with Crippen molar-refractivity contribution in [1.82, 2.24) is 9.88 Å². The molecule has 1 aromatic heterocycles. The van der Waals surface area contributed by atoms with Crippen molar-refractivity contribution in [3.05, 3.63) is 48.2 Å². The fourth-order valence-corrected chi connectivity index (χ4v) is 2.16. The first-order valence-corrected chi connectivity index (χ1v) is 8.18. The van der Waals surface area contributed by atoms with Crippen LogP contribution in [0.15, 0.2) is 42.6 Å². The number of pyridine rings is 1. The summed E-state index contributed by atoms with van der Waals surface area (Å²) in [7, 11) is 1.78. The molecule has 1 heterocycles. The van der Waals surface area contributed by atoms with Gasteiger partial charge in [-0.3, -0.25) is 0 Å². The van der Waals surface area contributed by atoms with Gasteiger partial charge in [0.25, 0.3) is 0 Å². The number of carbonyl (C=O) groups excluding carboxylic acids is 1. The Balaban J connectivity index is 2.00. The Hall–Kier alpha value is -3.07. The first-order chi connectivity index (χ1) is 12.0. The maximum atomic E-state index is 12.2. The lowest BCUT2D eigenvalue weighted by Crippen LogP contribution is -2.34. The SMILES string of the molecule is CC[C@@H](C)CN(C)C(=O)Nc1cccc(Oc2ccc(C#N)cn2)c1. The number of anilines is 1. The third-order valence-electron chi connectivity index (χ3n) is 3.80. The van der Waals surface area contributed by atoms with Crippen molar-refractivity contribution in [1.29, 1.82) is 5.26 Å². The number of nitriles is 1. The Kier molecular flexibility index (Phi) is 6.35. The lowest BCUT2D eigenvalue weighted by molar-refractivity contribution is 0.215. The van der Waals surface area contributed by atoms with Crippen molar-refractivity contribution < 1.29 is 9.53 Å². The van der Waals surface area contributed by atoms with Crippen molar-refractivity contribution in [3.8, 4) is 17.7 Å². The molecule has 25 heavy (non-hydrogen) atoms. The number of benzene rings is 1. The molecule has 0 aliphatic rings. The van der Waals surface area contributed by atoms with Crippen LogP contribution in [-0.2, 0) is 0 Å². The van der Waals surface area contributed by atoms with E-state index >= 15 is 0 Å². The summed E-state index contributed by atoms with van der Waals surface area (Å²) < 4.78 is 5.66. The zero-order valence-corrected chi connectivity index (χ0v) is 14.7. The third-order valence-corrected chi connectivity index (χ3v) is 3.80. The van der Waals surface area contributed by atoms with Crippen LogP contribution in [0.3, 0.4) is 0 Å². The van der Waals surface area contributed by atoms with E-state index in [1.807, 2.05) is 6.07 Å². The van der Waals surface area contributed by atoms with Gasteiger partial charge in [-0.25, -0.2) is 9.78 Å². The molecule has 2 amide bonds. The number of hydrogen-bond donors (Lipinski definition) is 1. The summed E-state index contributed by atoms with van der Waals surface area (Å²) in [5.41, 5.74) is 1.12. The minimum Gasteiger partial charge on any atom is -0.439 e. The average Bonchev–Trinajstić information content (AvgIpc) is 2.62. The van der Waals surface area contributed by atoms with Gasteiger partial charge in [-0.1, -0.05) is 26.3 Å². The molecule has 6 heteroatoms. The predicted octanol–water partition coefficient (Wildman–Crippen LogP) is 4.26. The van der Waals surface area contributed by atoms with E-state index in [9.17, 15) is 4.79 Å². The van der Waals surface area contributed by atoms with E-state index in [4.69, 9.17) is 10.00 Å². The second-order valence-corrected chi connectivity index (χ2v) is 5.95. The molecule has 0 radical (unpaired) electrons. The Bertz CT molecular complexity index is 753. The predicted molar refractivity (Wildman–Crippen MR) is 96.6 cm³/mol. The highest BCUT2D eigenvalue weighted by Gasteiger charge is 2.12. The fourth-order valence-electron chi connectivity index (χ4n) is 2.16. The lowest BCUT2D eigenvalue weighted by atomic mass is 10.1. The highest BCUT2D eigenvalue weighted by molar-refractivity contribution is 5.89. The molecule has 0 fully saturated rings. The molecule has 0 aliphatic heterocycles. The summed E-state index contributed by atoms with van der Waals surface area (Å²) in [6.45, 7) is 4.92. The fraction of sp³-hybridized carbons (Fsp3) is 0.316. The number of aromatic nitrogens is 1. The smallest absolute Gasteiger partial charge is 0.321 e. The second-order valence-electron chi connectivity index (χ2n) is 5.95. The zero-order chi connectivity index (χ0) is 18.2. The van der Waals surface area contributed by atoms with Crippen molar-refractivity contribution in [2.45, 2.75) is 20.3 Å². The van der Waals surface area contributed by atoms with E-state index in [2.05, 4.69) is 24.1 Å². The van der Waals surface area contributed by atoms with E-state index in [-0.39, 0.29) is 6.03 Å². The van der Waals surface area contributed by atoms with Crippen molar-refractivity contribution >= 4 is 11.7 Å². The molecule has 6 nitrogen and oxygen atoms in total. The van der Waals surface area contributed by atoms with Crippen LogP contribution < -0.4 is 10.1 Å². The van der Waals surface area contributed by atoms with Gasteiger partial charge in [-0.15, -0.1) is 0 Å². The van der Waals surface area contributed by atoms with Crippen LogP contribution in [0.1, 0.15) is 25.8 Å². The van der Waals surface area contributed by atoms with Crippen LogP contribution in [0.5, 0.6) is 11.6 Å². The number of carbonyl (C=O) groups is 1. The highest BCUT2D eigenvalue weighted by atomic mass is 16.5. The molecule has 1 aromatic carbocycles. The van der Waals surface area contributed by atoms with Crippen LogP contribution in [0.4, 0.5) is 10.5 Å². The molecule has 0 unspecified atom stereocenters. The maximum absolute atomic E-state index is 12.2. The minimum atomic E-state index is -0.158. The molecule has 0 saturated carbocycles. The van der Waals surface area contributed by atoms with Crippen LogP contribution in [-0.4, -0.2) is 29.5 Å². The number of rotatable bonds is 6. The minimum absolute atomic E-state index is 0.158. The van der Waals surface area contributed by atoms with E-state index in [0.29, 0.717) is 35.3 Å². The molecule has 0 saturated heterocycles. The Morgan fingerprint density at radius 2 is 2.20 bits per heavy atom. The van der Waals surface area contributed by atoms with E-state index in [1.165, 1.54) is 6.20 Å². The van der Waals surface area contributed by atoms with E-state index in [1.54, 1.807) is 48.3 Å². The van der Waals surface area contributed by atoms with Gasteiger partial charge >= 0.3 is 6.03 Å². The number of hydrogen-bond acceptors (Lipinski definition) is 4. The summed E-state index contributed by atoms with van der Waals surface area (Å²) in [5.74, 6) is 1.39. The van der Waals surface area contributed by atoms with Crippen LogP contribution in [0.2, 0.25) is 0 Å². The maximum Gasteiger partial charge on any atom is 0.321 e. The first kappa shape index (κ1) is 18.3. The van der Waals surface area contributed by atoms with E-state index < -0.39 is 0 Å². The third kappa shape index (κ3) is 5.50. The molecule has 0 bridgehead atoms. The standard InChI is InChI=1S/C19H22N4O2/c1-4-14(2)13-23(3)19(24)22-16-6-5-7-17(10-16)25-18-9-8-15(11-20)12-21-18/h5-10,12,14H,4,13H2,1-3H3,(H,22,24)/t14-/m1/s1. The quantitative estimate of drug-likeness (QED) is 0.854. The normalized spacial score (nSPS) is 11.3. The molecular formula is C19H22N4O2. The Labute approximate surface area is 148 Å². The summed E-state index contributed by atoms with van der Waals surface area (Å²) in [6, 6.07) is 12.2. The molecule has 0 spiro atoms. The molecule has 2 rings (SSSR count). The van der Waals surface area contributed by atoms with Gasteiger partial charge in [0.2, 0.25) is 5.88 Å². The Morgan fingerprint density at radius 3 is 2.84 bits per heavy atom. The van der Waals surface area contributed by atoms with Gasteiger partial charge < -0.3 is 15.0 Å². The van der Waals surface area contributed by atoms with Crippen molar-refractivity contribution in [3.63, 3.8) is 0 Å². The number of ether oxygens (including phenoxy) is 1. The zero-order valence-electron chi connectivity index (χ0n) is 14.7. The van der Waals surface area contributed by atoms with Gasteiger partial charge in [0, 0.05) is 37.6 Å². The first-order valence-electron chi connectivity index (χ1n) is 8.18. The van der Waals surface area contributed by atoms with Gasteiger partial charge in [0.05, 0.1) is 5.56 Å². The average molecular weight is 338 g/mol. The second kappa shape index (κ2) is 8.69. The summed E-state index contributed by atoms with van der Waals surface area (Å²) in [4.78, 5) is 18.0. The summed E-state index contributed by atoms with van der Waals surface area (Å²) in [6.07, 6.45) is 2.48. The van der Waals surface area contributed by atoms with Gasteiger partial charge in [-0.2, -0.15) is 5.26 Å². The number of nitrogens with one attached hydrogen (secondary N) is 1. The summed E-state index contributed by atoms with van der Waals surface area (Å²) >= 11 is 0. The summed E-state index contributed by atoms with van der Waals surface area (Å²) in [5, 5.41) is 11.6. The molecular weight excluding hydrogens is 316 g/mol. The van der Waals surface area contributed by atoms with Crippen LogP contribution in [0, 0.1) is 17.2 Å². The molecule has 1 atom stereocenters.